The minimum absolute atomic E-state index is 0.153. The van der Waals surface area contributed by atoms with Crippen LogP contribution in [0, 0.1) is 0 Å². The average molecular weight is 569 g/mol. The summed E-state index contributed by atoms with van der Waals surface area (Å²) in [6, 6.07) is 15.3. The molecule has 1 aliphatic rings. The molecular formula is C27H21ClN2O8S. The van der Waals surface area contributed by atoms with Crippen molar-refractivity contribution in [2.24, 2.45) is 5.14 Å². The Kier molecular flexibility index (Phi) is 6.59. The number of aliphatic hydroxyl groups excluding tert-OH is 1. The predicted molar refractivity (Wildman–Crippen MR) is 143 cm³/mol. The molecule has 3 aromatic carbocycles. The van der Waals surface area contributed by atoms with Crippen LogP contribution in [-0.2, 0) is 14.8 Å². The molecule has 1 aromatic heterocycles. The Bertz CT molecular complexity index is 1780. The van der Waals surface area contributed by atoms with Gasteiger partial charge in [0.15, 0.2) is 22.9 Å². The number of ether oxygens (including phenoxy) is 2. The van der Waals surface area contributed by atoms with Crippen molar-refractivity contribution >= 4 is 50.0 Å². The van der Waals surface area contributed by atoms with Crippen LogP contribution in [0.3, 0.4) is 0 Å². The second kappa shape index (κ2) is 9.77. The number of nitrogens with two attached hydrogens (primary N) is 1. The fourth-order valence-corrected chi connectivity index (χ4v) is 5.24. The lowest BCUT2D eigenvalue weighted by molar-refractivity contribution is -0.117. The molecule has 0 saturated carbocycles. The lowest BCUT2D eigenvalue weighted by atomic mass is 9.94. The molecule has 12 heteroatoms. The summed E-state index contributed by atoms with van der Waals surface area (Å²) in [4.78, 5) is 28.3. The fraction of sp³-hybridized carbons (Fsp3) is 0.111. The third-order valence-electron chi connectivity index (χ3n) is 6.30. The van der Waals surface area contributed by atoms with Crippen molar-refractivity contribution in [3.63, 3.8) is 0 Å². The van der Waals surface area contributed by atoms with Gasteiger partial charge in [-0.25, -0.2) is 13.6 Å². The highest BCUT2D eigenvalue weighted by Crippen LogP contribution is 2.43. The van der Waals surface area contributed by atoms with Gasteiger partial charge in [-0.15, -0.1) is 0 Å². The van der Waals surface area contributed by atoms with Crippen LogP contribution in [0.5, 0.6) is 11.5 Å². The van der Waals surface area contributed by atoms with E-state index in [0.29, 0.717) is 27.5 Å². The Balaban J connectivity index is 1.66. The first-order valence-electron chi connectivity index (χ1n) is 11.4. The monoisotopic (exact) mass is 568 g/mol. The Morgan fingerprint density at radius 3 is 2.41 bits per heavy atom. The molecule has 5 rings (SSSR count). The molecule has 0 saturated heterocycles. The number of anilines is 1. The van der Waals surface area contributed by atoms with Gasteiger partial charge in [-0.1, -0.05) is 23.7 Å². The number of halogens is 1. The van der Waals surface area contributed by atoms with Crippen LogP contribution >= 0.6 is 11.6 Å². The number of methoxy groups -OCH3 is 2. The second-order valence-electron chi connectivity index (χ2n) is 8.62. The van der Waals surface area contributed by atoms with Gasteiger partial charge < -0.3 is 19.0 Å². The zero-order chi connectivity index (χ0) is 28.1. The maximum Gasteiger partial charge on any atom is 0.294 e. The molecule has 4 aromatic rings. The molecule has 10 nitrogen and oxygen atoms in total. The smallest absolute Gasteiger partial charge is 0.294 e. The van der Waals surface area contributed by atoms with Crippen molar-refractivity contribution in [2.45, 2.75) is 10.9 Å². The van der Waals surface area contributed by atoms with Gasteiger partial charge in [0, 0.05) is 22.2 Å². The van der Waals surface area contributed by atoms with Gasteiger partial charge in [0.25, 0.3) is 5.91 Å². The summed E-state index contributed by atoms with van der Waals surface area (Å²) >= 11 is 6.15. The Morgan fingerprint density at radius 2 is 1.77 bits per heavy atom. The van der Waals surface area contributed by atoms with Crippen LogP contribution in [0.1, 0.15) is 22.2 Å². The van der Waals surface area contributed by atoms with Gasteiger partial charge in [0.05, 0.1) is 30.7 Å². The van der Waals surface area contributed by atoms with Gasteiger partial charge in [0.1, 0.15) is 5.75 Å². The van der Waals surface area contributed by atoms with Crippen LogP contribution in [-0.4, -0.2) is 39.4 Å². The summed E-state index contributed by atoms with van der Waals surface area (Å²) in [5.74, 6) is -1.80. The largest absolute Gasteiger partial charge is 0.503 e. The lowest BCUT2D eigenvalue weighted by Gasteiger charge is -2.27. The van der Waals surface area contributed by atoms with E-state index in [-0.39, 0.29) is 27.5 Å². The van der Waals surface area contributed by atoms with E-state index in [1.807, 2.05) is 0 Å². The second-order valence-corrected chi connectivity index (χ2v) is 10.6. The number of aliphatic hydroxyl groups is 1. The molecule has 0 bridgehead atoms. The minimum atomic E-state index is -3.99. The lowest BCUT2D eigenvalue weighted by Crippen LogP contribution is -2.31. The van der Waals surface area contributed by atoms with E-state index in [2.05, 4.69) is 0 Å². The maximum absolute atomic E-state index is 13.9. The summed E-state index contributed by atoms with van der Waals surface area (Å²) < 4.78 is 39.9. The third-order valence-corrected chi connectivity index (χ3v) is 7.44. The van der Waals surface area contributed by atoms with Gasteiger partial charge in [0.2, 0.25) is 15.8 Å². The third kappa shape index (κ3) is 4.60. The van der Waals surface area contributed by atoms with E-state index in [0.717, 1.165) is 0 Å². The van der Waals surface area contributed by atoms with E-state index in [4.69, 9.17) is 30.6 Å². The first-order valence-corrected chi connectivity index (χ1v) is 13.3. The van der Waals surface area contributed by atoms with Gasteiger partial charge in [-0.2, -0.15) is 0 Å². The molecule has 1 aliphatic heterocycles. The number of amides is 1. The normalized spacial score (nSPS) is 15.7. The molecule has 39 heavy (non-hydrogen) atoms. The van der Waals surface area contributed by atoms with Crippen molar-refractivity contribution in [1.82, 2.24) is 0 Å². The van der Waals surface area contributed by atoms with E-state index in [1.54, 1.807) is 30.3 Å². The summed E-state index contributed by atoms with van der Waals surface area (Å²) in [6.07, 6.45) is 0. The first kappa shape index (κ1) is 26.3. The molecular weight excluding hydrogens is 548 g/mol. The number of Topliss-reactive ketones (excluding diaryl/α,β-unsaturated/α-hetero) is 1. The maximum atomic E-state index is 13.9. The van der Waals surface area contributed by atoms with Crippen molar-refractivity contribution in [2.75, 3.05) is 19.1 Å². The molecule has 0 aliphatic carbocycles. The topological polar surface area (TPSA) is 149 Å². The van der Waals surface area contributed by atoms with E-state index >= 15 is 0 Å². The molecule has 1 amide bonds. The number of hydrogen-bond donors (Lipinski definition) is 2. The Hall–Kier alpha value is -4.32. The number of rotatable bonds is 7. The number of nitrogens with zero attached hydrogens (tertiary/aromatic N) is 1. The molecule has 0 spiro atoms. The average Bonchev–Trinajstić information content (AvgIpc) is 3.46. The first-order chi connectivity index (χ1) is 18.5. The number of carbonyl (C=O) groups excluding carboxylic acids is 2. The fourth-order valence-electron chi connectivity index (χ4n) is 4.51. The van der Waals surface area contributed by atoms with Crippen molar-refractivity contribution in [3.8, 4) is 11.5 Å². The number of primary sulfonamides is 1. The van der Waals surface area contributed by atoms with E-state index < -0.39 is 33.5 Å². The number of carbonyl (C=O) groups is 2. The summed E-state index contributed by atoms with van der Waals surface area (Å²) in [5.41, 5.74) is 0.686. The number of benzene rings is 3. The number of ketones is 1. The zero-order valence-electron chi connectivity index (χ0n) is 20.5. The standard InChI is InChI=1S/C27H21ClN2O8S/c1-36-18-5-3-4-14(11-18)23-22(24(31)20-12-15-10-16(28)13-21(37-2)26(15)38-20)25(32)27(33)30(23)17-6-8-19(9-7-17)39(29,34)35/h3-13,23,32H,1-2H3,(H2,29,34,35). The highest BCUT2D eigenvalue weighted by Gasteiger charge is 2.45. The number of sulfonamides is 1. The van der Waals surface area contributed by atoms with E-state index in [9.17, 15) is 23.1 Å². The molecule has 1 atom stereocenters. The predicted octanol–water partition coefficient (Wildman–Crippen LogP) is 4.53. The highest BCUT2D eigenvalue weighted by atomic mass is 35.5. The summed E-state index contributed by atoms with van der Waals surface area (Å²) in [7, 11) is -1.10. The number of hydrogen-bond acceptors (Lipinski definition) is 8. The SMILES string of the molecule is COc1cccc(C2C(C(=O)c3cc4cc(Cl)cc(OC)c4o3)=C(O)C(=O)N2c2ccc(S(N)(=O)=O)cc2)c1. The summed E-state index contributed by atoms with van der Waals surface area (Å²) in [6.45, 7) is 0. The quantitative estimate of drug-likeness (QED) is 0.309. The molecule has 0 fully saturated rings. The van der Waals surface area contributed by atoms with Crippen LogP contribution < -0.4 is 19.5 Å². The zero-order valence-corrected chi connectivity index (χ0v) is 22.1. The molecule has 3 N–H and O–H groups in total. The minimum Gasteiger partial charge on any atom is -0.503 e. The van der Waals surface area contributed by atoms with Crippen LogP contribution in [0.25, 0.3) is 11.0 Å². The van der Waals surface area contributed by atoms with Crippen molar-refractivity contribution < 1.29 is 37.0 Å². The van der Waals surface area contributed by atoms with Gasteiger partial charge in [-0.3, -0.25) is 14.5 Å². The van der Waals surface area contributed by atoms with E-state index in [1.165, 1.54) is 55.5 Å². The molecule has 1 unspecified atom stereocenters. The number of furan rings is 1. The number of fused-ring (bicyclic) bond motifs is 1. The van der Waals surface area contributed by atoms with Gasteiger partial charge in [-0.05, 0) is 54.1 Å². The van der Waals surface area contributed by atoms with Crippen LogP contribution in [0.15, 0.2) is 87.4 Å². The summed E-state index contributed by atoms with van der Waals surface area (Å²) in [5, 5.41) is 17.1. The molecule has 200 valence electrons. The Labute approximate surface area is 227 Å². The molecule has 2 heterocycles. The van der Waals surface area contributed by atoms with Crippen molar-refractivity contribution in [3.05, 3.63) is 94.4 Å². The molecule has 0 radical (unpaired) electrons. The highest BCUT2D eigenvalue weighted by molar-refractivity contribution is 7.89. The van der Waals surface area contributed by atoms with Gasteiger partial charge >= 0.3 is 0 Å². The van der Waals surface area contributed by atoms with Crippen LogP contribution in [0.4, 0.5) is 5.69 Å². The van der Waals surface area contributed by atoms with Crippen LogP contribution in [0.2, 0.25) is 5.02 Å². The van der Waals surface area contributed by atoms with Crippen molar-refractivity contribution in [1.29, 1.82) is 0 Å². The Morgan fingerprint density at radius 1 is 1.05 bits per heavy atom.